The molecule has 1 aromatic carbocycles. The lowest BCUT2D eigenvalue weighted by Crippen LogP contribution is -2.28. The Bertz CT molecular complexity index is 942. The summed E-state index contributed by atoms with van der Waals surface area (Å²) < 4.78 is 17.1. The molecule has 0 radical (unpaired) electrons. The molecule has 2 heterocycles. The van der Waals surface area contributed by atoms with E-state index in [-0.39, 0.29) is 12.0 Å². The van der Waals surface area contributed by atoms with Gasteiger partial charge in [0.1, 0.15) is 17.7 Å². The number of hydrogen-bond donors (Lipinski definition) is 2. The Morgan fingerprint density at radius 1 is 1.39 bits per heavy atom. The number of nitrogens with zero attached hydrogens (tertiary/aromatic N) is 3. The molecule has 3 rings (SSSR count). The van der Waals surface area contributed by atoms with Gasteiger partial charge in [0.05, 0.1) is 13.0 Å². The van der Waals surface area contributed by atoms with Crippen LogP contribution in [0.1, 0.15) is 29.7 Å². The molecule has 2 atom stereocenters. The van der Waals surface area contributed by atoms with Crippen LogP contribution in [0.2, 0.25) is 0 Å². The van der Waals surface area contributed by atoms with Crippen molar-refractivity contribution >= 4 is 0 Å². The lowest BCUT2D eigenvalue weighted by molar-refractivity contribution is 0.171. The van der Waals surface area contributed by atoms with Crippen molar-refractivity contribution in [2.24, 2.45) is 5.73 Å². The van der Waals surface area contributed by atoms with Crippen molar-refractivity contribution in [1.82, 2.24) is 15.1 Å². The summed E-state index contributed by atoms with van der Waals surface area (Å²) in [5.41, 5.74) is 8.77. The van der Waals surface area contributed by atoms with E-state index < -0.39 is 5.92 Å². The monoisotopic (exact) mass is 383 g/mol. The highest BCUT2D eigenvalue weighted by atomic mass is 16.5. The van der Waals surface area contributed by atoms with E-state index in [4.69, 9.17) is 19.9 Å². The summed E-state index contributed by atoms with van der Waals surface area (Å²) in [5.74, 6) is 1.29. The Labute approximate surface area is 164 Å². The number of hydrogen-bond acceptors (Lipinski definition) is 7. The molecule has 0 saturated carbocycles. The number of aromatic amines is 1. The number of methoxy groups -OCH3 is 1. The van der Waals surface area contributed by atoms with E-state index in [1.54, 1.807) is 7.11 Å². The summed E-state index contributed by atoms with van der Waals surface area (Å²) in [4.78, 5) is 2.06. The fourth-order valence-electron chi connectivity index (χ4n) is 3.46. The molecular weight excluding hydrogens is 358 g/mol. The second-order valence-electron chi connectivity index (χ2n) is 7.09. The average Bonchev–Trinajstić information content (AvgIpc) is 3.00. The zero-order chi connectivity index (χ0) is 20.4. The van der Waals surface area contributed by atoms with Gasteiger partial charge in [-0.15, -0.1) is 5.10 Å². The first-order chi connectivity index (χ1) is 13.3. The summed E-state index contributed by atoms with van der Waals surface area (Å²) in [7, 11) is 5.59. The van der Waals surface area contributed by atoms with Gasteiger partial charge >= 0.3 is 0 Å². The zero-order valence-electron chi connectivity index (χ0n) is 16.7. The molecule has 8 heteroatoms. The predicted molar refractivity (Wildman–Crippen MR) is 104 cm³/mol. The third kappa shape index (κ3) is 3.62. The first kappa shape index (κ1) is 19.6. The smallest absolute Gasteiger partial charge is 0.244 e. The summed E-state index contributed by atoms with van der Waals surface area (Å²) in [6, 6.07) is 7.82. The predicted octanol–water partition coefficient (Wildman–Crippen LogP) is 2.27. The van der Waals surface area contributed by atoms with Crippen molar-refractivity contribution < 1.29 is 14.2 Å². The fraction of sp³-hybridized carbons (Fsp3) is 0.400. The van der Waals surface area contributed by atoms with Gasteiger partial charge in [-0.25, -0.2) is 0 Å². The minimum atomic E-state index is -0.394. The molecule has 3 N–H and O–H groups in total. The van der Waals surface area contributed by atoms with E-state index in [0.717, 1.165) is 23.4 Å². The molecule has 0 unspecified atom stereocenters. The van der Waals surface area contributed by atoms with Gasteiger partial charge in [0.2, 0.25) is 11.8 Å². The van der Waals surface area contributed by atoms with Crippen molar-refractivity contribution in [2.75, 3.05) is 27.7 Å². The SMILES string of the molecule is COc1cc([C@H]2C(C#N)=C(N)Oc3n[nH]c(C)c32)ccc1O[C@@H](C)CN(C)C. The van der Waals surface area contributed by atoms with Crippen molar-refractivity contribution in [3.05, 3.63) is 46.5 Å². The first-order valence-electron chi connectivity index (χ1n) is 8.97. The number of aryl methyl sites for hydroxylation is 1. The van der Waals surface area contributed by atoms with E-state index in [9.17, 15) is 5.26 Å². The van der Waals surface area contributed by atoms with Crippen molar-refractivity contribution in [3.63, 3.8) is 0 Å². The molecule has 0 aliphatic carbocycles. The lowest BCUT2D eigenvalue weighted by atomic mass is 9.84. The Morgan fingerprint density at radius 2 is 2.14 bits per heavy atom. The summed E-state index contributed by atoms with van der Waals surface area (Å²) in [6.45, 7) is 4.67. The van der Waals surface area contributed by atoms with Crippen molar-refractivity contribution in [3.8, 4) is 23.4 Å². The van der Waals surface area contributed by atoms with Crippen LogP contribution in [0.3, 0.4) is 0 Å². The summed E-state index contributed by atoms with van der Waals surface area (Å²) >= 11 is 0. The van der Waals surface area contributed by atoms with Crippen LogP contribution in [-0.4, -0.2) is 49.0 Å². The maximum Gasteiger partial charge on any atom is 0.244 e. The number of nitrogens with two attached hydrogens (primary N) is 1. The summed E-state index contributed by atoms with van der Waals surface area (Å²) in [6.07, 6.45) is -0.00855. The summed E-state index contributed by atoms with van der Waals surface area (Å²) in [5, 5.41) is 16.7. The van der Waals surface area contributed by atoms with Crippen LogP contribution in [0.25, 0.3) is 0 Å². The number of fused-ring (bicyclic) bond motifs is 1. The van der Waals surface area contributed by atoms with Gasteiger partial charge in [-0.05, 0) is 45.6 Å². The van der Waals surface area contributed by atoms with E-state index in [0.29, 0.717) is 23.0 Å². The quantitative estimate of drug-likeness (QED) is 0.787. The molecule has 0 fully saturated rings. The lowest BCUT2D eigenvalue weighted by Gasteiger charge is -2.25. The molecule has 1 aliphatic heterocycles. The Balaban J connectivity index is 2.02. The number of rotatable bonds is 6. The van der Waals surface area contributed by atoms with E-state index in [1.165, 1.54) is 0 Å². The van der Waals surface area contributed by atoms with Gasteiger partial charge in [0.15, 0.2) is 11.5 Å². The highest BCUT2D eigenvalue weighted by molar-refractivity contribution is 5.57. The second-order valence-corrected chi connectivity index (χ2v) is 7.09. The van der Waals surface area contributed by atoms with Gasteiger partial charge in [-0.3, -0.25) is 5.10 Å². The van der Waals surface area contributed by atoms with Crippen LogP contribution >= 0.6 is 0 Å². The normalized spacial score (nSPS) is 17.0. The van der Waals surface area contributed by atoms with Gasteiger partial charge < -0.3 is 24.8 Å². The number of ether oxygens (including phenoxy) is 3. The maximum atomic E-state index is 9.67. The number of H-pyrrole nitrogens is 1. The molecule has 2 aromatic rings. The van der Waals surface area contributed by atoms with Gasteiger partial charge in [-0.2, -0.15) is 5.26 Å². The molecular formula is C20H25N5O3. The standard InChI is InChI=1S/C20H25N5O3/c1-11(10-25(3)4)27-15-7-6-13(8-16(15)26-5)18-14(9-21)19(22)28-20-17(18)12(2)23-24-20/h6-8,11,18H,10,22H2,1-5H3,(H,23,24)/t11-,18-/m0/s1. The average molecular weight is 383 g/mol. The first-order valence-corrected chi connectivity index (χ1v) is 8.97. The van der Waals surface area contributed by atoms with Crippen LogP contribution in [-0.2, 0) is 0 Å². The highest BCUT2D eigenvalue weighted by Crippen LogP contribution is 2.44. The van der Waals surface area contributed by atoms with E-state index >= 15 is 0 Å². The number of allylic oxidation sites excluding steroid dienone is 1. The van der Waals surface area contributed by atoms with E-state index in [2.05, 4.69) is 21.2 Å². The van der Waals surface area contributed by atoms with Crippen LogP contribution in [0.5, 0.6) is 17.4 Å². The fourth-order valence-corrected chi connectivity index (χ4v) is 3.46. The number of nitriles is 1. The molecule has 1 aliphatic rings. The number of aromatic nitrogens is 2. The molecule has 8 nitrogen and oxygen atoms in total. The van der Waals surface area contributed by atoms with Crippen LogP contribution in [0.4, 0.5) is 0 Å². The molecule has 0 spiro atoms. The van der Waals surface area contributed by atoms with Gasteiger partial charge in [0.25, 0.3) is 0 Å². The molecule has 0 bridgehead atoms. The third-order valence-corrected chi connectivity index (χ3v) is 4.60. The number of likely N-dealkylation sites (N-methyl/N-ethyl adjacent to an activating group) is 1. The van der Waals surface area contributed by atoms with Gasteiger partial charge in [-0.1, -0.05) is 6.07 Å². The molecule has 0 saturated heterocycles. The van der Waals surface area contributed by atoms with E-state index in [1.807, 2.05) is 46.1 Å². The minimum Gasteiger partial charge on any atom is -0.493 e. The minimum absolute atomic E-state index is 0.00855. The Morgan fingerprint density at radius 3 is 2.79 bits per heavy atom. The van der Waals surface area contributed by atoms with Crippen molar-refractivity contribution in [2.45, 2.75) is 25.9 Å². The Hall–Kier alpha value is -3.18. The van der Waals surface area contributed by atoms with Crippen LogP contribution in [0.15, 0.2) is 29.7 Å². The molecule has 28 heavy (non-hydrogen) atoms. The number of nitrogens with one attached hydrogen (secondary N) is 1. The molecule has 148 valence electrons. The maximum absolute atomic E-state index is 9.67. The largest absolute Gasteiger partial charge is 0.493 e. The third-order valence-electron chi connectivity index (χ3n) is 4.60. The second kappa shape index (κ2) is 7.82. The molecule has 0 amide bonds. The van der Waals surface area contributed by atoms with Crippen LogP contribution in [0, 0.1) is 18.3 Å². The number of benzene rings is 1. The van der Waals surface area contributed by atoms with Crippen molar-refractivity contribution in [1.29, 1.82) is 5.26 Å². The topological polar surface area (TPSA) is 109 Å². The zero-order valence-corrected chi connectivity index (χ0v) is 16.7. The van der Waals surface area contributed by atoms with Crippen LogP contribution < -0.4 is 19.9 Å². The van der Waals surface area contributed by atoms with Gasteiger partial charge in [0, 0.05) is 17.8 Å². The molecule has 1 aromatic heterocycles. The highest BCUT2D eigenvalue weighted by Gasteiger charge is 2.34. The Kier molecular flexibility index (Phi) is 5.47.